The Labute approximate surface area is 124 Å². The summed E-state index contributed by atoms with van der Waals surface area (Å²) in [6, 6.07) is 0.877. The lowest BCUT2D eigenvalue weighted by Crippen LogP contribution is -2.49. The summed E-state index contributed by atoms with van der Waals surface area (Å²) in [7, 11) is 0. The molecule has 1 saturated carbocycles. The Morgan fingerprint density at radius 3 is 2.55 bits per heavy atom. The Bertz CT molecular complexity index is 329. The Balaban J connectivity index is 1.93. The lowest BCUT2D eigenvalue weighted by Gasteiger charge is -2.39. The van der Waals surface area contributed by atoms with Crippen molar-refractivity contribution < 1.29 is 4.79 Å². The quantitative estimate of drug-likeness (QED) is 0.834. The van der Waals surface area contributed by atoms with Gasteiger partial charge in [-0.15, -0.1) is 0 Å². The van der Waals surface area contributed by atoms with E-state index >= 15 is 0 Å². The third-order valence-corrected chi connectivity index (χ3v) is 5.34. The van der Waals surface area contributed by atoms with E-state index in [1.54, 1.807) is 0 Å². The van der Waals surface area contributed by atoms with E-state index in [2.05, 4.69) is 38.3 Å². The van der Waals surface area contributed by atoms with Gasteiger partial charge in [0.25, 0.3) is 0 Å². The molecule has 20 heavy (non-hydrogen) atoms. The van der Waals surface area contributed by atoms with Gasteiger partial charge in [0.05, 0.1) is 0 Å². The maximum atomic E-state index is 12.5. The summed E-state index contributed by atoms with van der Waals surface area (Å²) in [5.41, 5.74) is 0. The molecule has 116 valence electrons. The predicted octanol–water partition coefficient (Wildman–Crippen LogP) is 2.95. The molecule has 1 saturated heterocycles. The molecule has 2 aliphatic rings. The highest BCUT2D eigenvalue weighted by molar-refractivity contribution is 5.79. The Hall–Kier alpha value is -0.570. The van der Waals surface area contributed by atoms with Crippen LogP contribution in [-0.4, -0.2) is 24.5 Å². The first-order valence-electron chi connectivity index (χ1n) is 8.51. The number of hydrogen-bond donors (Lipinski definition) is 2. The normalized spacial score (nSPS) is 38.8. The van der Waals surface area contributed by atoms with Gasteiger partial charge in [-0.2, -0.15) is 0 Å². The van der Waals surface area contributed by atoms with Crippen molar-refractivity contribution in [3.05, 3.63) is 0 Å². The highest BCUT2D eigenvalue weighted by Crippen LogP contribution is 2.33. The van der Waals surface area contributed by atoms with Gasteiger partial charge < -0.3 is 10.6 Å². The fraction of sp³-hybridized carbons (Fsp3) is 0.941. The maximum absolute atomic E-state index is 12.5. The molecule has 3 heteroatoms. The molecule has 2 fully saturated rings. The molecule has 2 N–H and O–H groups in total. The molecule has 0 aromatic heterocycles. The Morgan fingerprint density at radius 2 is 1.90 bits per heavy atom. The molecule has 5 atom stereocenters. The molecule has 1 aliphatic heterocycles. The van der Waals surface area contributed by atoms with Crippen LogP contribution in [-0.2, 0) is 4.79 Å². The SMILES string of the molecule is CC1CCC(C(C)C)C(NC(=O)[C@H]2CCN[C@@H](C)C2)C1. The summed E-state index contributed by atoms with van der Waals surface area (Å²) in [5, 5.41) is 6.83. The zero-order valence-electron chi connectivity index (χ0n) is 13.6. The maximum Gasteiger partial charge on any atom is 0.223 e. The zero-order valence-corrected chi connectivity index (χ0v) is 13.6. The molecule has 0 bridgehead atoms. The van der Waals surface area contributed by atoms with Crippen molar-refractivity contribution in [1.82, 2.24) is 10.6 Å². The van der Waals surface area contributed by atoms with Crippen molar-refractivity contribution in [2.24, 2.45) is 23.7 Å². The monoisotopic (exact) mass is 280 g/mol. The first-order chi connectivity index (χ1) is 9.47. The van der Waals surface area contributed by atoms with E-state index in [1.807, 2.05) is 0 Å². The van der Waals surface area contributed by atoms with Crippen LogP contribution >= 0.6 is 0 Å². The summed E-state index contributed by atoms with van der Waals surface area (Å²) < 4.78 is 0. The lowest BCUT2D eigenvalue weighted by atomic mass is 9.74. The van der Waals surface area contributed by atoms with Crippen molar-refractivity contribution in [1.29, 1.82) is 0 Å². The number of nitrogens with one attached hydrogen (secondary N) is 2. The molecule has 0 aromatic carbocycles. The van der Waals surface area contributed by atoms with Crippen LogP contribution in [0.25, 0.3) is 0 Å². The van der Waals surface area contributed by atoms with Crippen molar-refractivity contribution in [3.8, 4) is 0 Å². The zero-order chi connectivity index (χ0) is 14.7. The minimum Gasteiger partial charge on any atom is -0.353 e. The minimum atomic E-state index is 0.219. The molecular formula is C17H32N2O. The van der Waals surface area contributed by atoms with Gasteiger partial charge in [0.1, 0.15) is 0 Å². The summed E-state index contributed by atoms with van der Waals surface area (Å²) in [5.74, 6) is 2.61. The van der Waals surface area contributed by atoms with Crippen LogP contribution in [0.5, 0.6) is 0 Å². The first-order valence-corrected chi connectivity index (χ1v) is 8.51. The average Bonchev–Trinajstić information content (AvgIpc) is 2.38. The molecule has 3 unspecified atom stereocenters. The van der Waals surface area contributed by atoms with Crippen LogP contribution in [0.2, 0.25) is 0 Å². The molecule has 1 amide bonds. The van der Waals surface area contributed by atoms with Gasteiger partial charge in [0.15, 0.2) is 0 Å². The van der Waals surface area contributed by atoms with Gasteiger partial charge in [-0.25, -0.2) is 0 Å². The van der Waals surface area contributed by atoms with E-state index in [0.29, 0.717) is 29.8 Å². The smallest absolute Gasteiger partial charge is 0.223 e. The van der Waals surface area contributed by atoms with Gasteiger partial charge in [0, 0.05) is 18.0 Å². The second-order valence-electron chi connectivity index (χ2n) is 7.52. The van der Waals surface area contributed by atoms with Crippen molar-refractivity contribution in [2.75, 3.05) is 6.54 Å². The molecule has 1 heterocycles. The first kappa shape index (κ1) is 15.8. The largest absolute Gasteiger partial charge is 0.353 e. The third-order valence-electron chi connectivity index (χ3n) is 5.34. The van der Waals surface area contributed by atoms with E-state index < -0.39 is 0 Å². The molecule has 2 rings (SSSR count). The Kier molecular flexibility index (Phi) is 5.48. The fourth-order valence-corrected chi connectivity index (χ4v) is 4.04. The van der Waals surface area contributed by atoms with Gasteiger partial charge in [-0.1, -0.05) is 27.2 Å². The number of amides is 1. The van der Waals surface area contributed by atoms with Crippen LogP contribution in [0.15, 0.2) is 0 Å². The highest BCUT2D eigenvalue weighted by Gasteiger charge is 2.33. The van der Waals surface area contributed by atoms with Crippen molar-refractivity contribution >= 4 is 5.91 Å². The van der Waals surface area contributed by atoms with Crippen LogP contribution in [0.1, 0.15) is 59.8 Å². The second kappa shape index (κ2) is 6.93. The molecule has 0 spiro atoms. The topological polar surface area (TPSA) is 41.1 Å². The fourth-order valence-electron chi connectivity index (χ4n) is 4.04. The van der Waals surface area contributed by atoms with E-state index in [9.17, 15) is 4.79 Å². The summed E-state index contributed by atoms with van der Waals surface area (Å²) in [6.45, 7) is 10.1. The number of carbonyl (C=O) groups is 1. The lowest BCUT2D eigenvalue weighted by molar-refractivity contribution is -0.127. The van der Waals surface area contributed by atoms with Gasteiger partial charge in [-0.3, -0.25) is 4.79 Å². The van der Waals surface area contributed by atoms with Gasteiger partial charge in [-0.05, 0) is 56.9 Å². The van der Waals surface area contributed by atoms with Crippen LogP contribution in [0, 0.1) is 23.7 Å². The van der Waals surface area contributed by atoms with Crippen molar-refractivity contribution in [3.63, 3.8) is 0 Å². The number of piperidine rings is 1. The molecule has 1 aliphatic carbocycles. The Morgan fingerprint density at radius 1 is 1.15 bits per heavy atom. The molecular weight excluding hydrogens is 248 g/mol. The van der Waals surface area contributed by atoms with Gasteiger partial charge in [0.2, 0.25) is 5.91 Å². The number of carbonyl (C=O) groups excluding carboxylic acids is 1. The molecule has 0 radical (unpaired) electrons. The predicted molar refractivity (Wildman–Crippen MR) is 83.5 cm³/mol. The number of hydrogen-bond acceptors (Lipinski definition) is 2. The van der Waals surface area contributed by atoms with E-state index in [-0.39, 0.29) is 5.92 Å². The summed E-state index contributed by atoms with van der Waals surface area (Å²) in [4.78, 5) is 12.5. The average molecular weight is 280 g/mol. The summed E-state index contributed by atoms with van der Waals surface area (Å²) >= 11 is 0. The highest BCUT2D eigenvalue weighted by atomic mass is 16.1. The standard InChI is InChI=1S/C17H32N2O/c1-11(2)15-6-5-12(3)9-16(15)19-17(20)14-7-8-18-13(4)10-14/h11-16,18H,5-10H2,1-4H3,(H,19,20)/t12?,13-,14-,15?,16?/m0/s1. The van der Waals surface area contributed by atoms with Crippen LogP contribution in [0.4, 0.5) is 0 Å². The third kappa shape index (κ3) is 3.97. The van der Waals surface area contributed by atoms with E-state index in [0.717, 1.165) is 31.7 Å². The minimum absolute atomic E-state index is 0.219. The van der Waals surface area contributed by atoms with Crippen molar-refractivity contribution in [2.45, 2.75) is 71.9 Å². The van der Waals surface area contributed by atoms with E-state index in [4.69, 9.17) is 0 Å². The van der Waals surface area contributed by atoms with Gasteiger partial charge >= 0.3 is 0 Å². The van der Waals surface area contributed by atoms with Crippen LogP contribution in [0.3, 0.4) is 0 Å². The second-order valence-corrected chi connectivity index (χ2v) is 7.52. The molecule has 3 nitrogen and oxygen atoms in total. The summed E-state index contributed by atoms with van der Waals surface area (Å²) in [6.07, 6.45) is 5.73. The van der Waals surface area contributed by atoms with E-state index in [1.165, 1.54) is 12.8 Å². The molecule has 0 aromatic rings. The van der Waals surface area contributed by atoms with Crippen LogP contribution < -0.4 is 10.6 Å². The number of rotatable bonds is 3.